The molecular weight excluding hydrogens is 318 g/mol. The van der Waals surface area contributed by atoms with Crippen LogP contribution in [0, 0.1) is 5.92 Å². The molecule has 132 valence electrons. The molecule has 0 aromatic heterocycles. The van der Waals surface area contributed by atoms with Gasteiger partial charge < -0.3 is 0 Å². The van der Waals surface area contributed by atoms with E-state index in [1.54, 1.807) is 0 Å². The molecule has 0 radical (unpaired) electrons. The van der Waals surface area contributed by atoms with Gasteiger partial charge in [0, 0.05) is 31.1 Å². The topological polar surface area (TPSA) is 20.3 Å². The normalized spacial score (nSPS) is 12.1. The Bertz CT molecular complexity index is 758. The van der Waals surface area contributed by atoms with Crippen molar-refractivity contribution in [3.05, 3.63) is 108 Å². The van der Waals surface area contributed by atoms with E-state index in [-0.39, 0.29) is 11.7 Å². The highest BCUT2D eigenvalue weighted by Crippen LogP contribution is 2.15. The van der Waals surface area contributed by atoms with Gasteiger partial charge in [-0.3, -0.25) is 9.69 Å². The molecule has 0 aliphatic heterocycles. The van der Waals surface area contributed by atoms with Crippen LogP contribution in [0.4, 0.5) is 0 Å². The molecule has 3 aromatic rings. The van der Waals surface area contributed by atoms with Crippen molar-refractivity contribution in [2.75, 3.05) is 6.54 Å². The highest BCUT2D eigenvalue weighted by molar-refractivity contribution is 5.97. The van der Waals surface area contributed by atoms with E-state index in [4.69, 9.17) is 0 Å². The highest BCUT2D eigenvalue weighted by atomic mass is 16.1. The minimum absolute atomic E-state index is 0.0511. The molecule has 1 unspecified atom stereocenters. The summed E-state index contributed by atoms with van der Waals surface area (Å²) in [5.74, 6) is 0.154. The molecule has 3 rings (SSSR count). The molecule has 2 heteroatoms. The zero-order chi connectivity index (χ0) is 18.2. The first kappa shape index (κ1) is 18.1. The molecule has 0 saturated carbocycles. The molecule has 0 aliphatic carbocycles. The molecule has 2 nitrogen and oxygen atoms in total. The third kappa shape index (κ3) is 5.14. The van der Waals surface area contributed by atoms with Gasteiger partial charge in [-0.15, -0.1) is 0 Å². The molecule has 3 aromatic carbocycles. The largest absolute Gasteiger partial charge is 0.294 e. The number of carbonyl (C=O) groups excluding carboxylic acids is 1. The van der Waals surface area contributed by atoms with Crippen LogP contribution in [0.3, 0.4) is 0 Å². The summed E-state index contributed by atoms with van der Waals surface area (Å²) < 4.78 is 0. The Morgan fingerprint density at radius 1 is 0.731 bits per heavy atom. The third-order valence-electron chi connectivity index (χ3n) is 4.54. The van der Waals surface area contributed by atoms with Crippen molar-refractivity contribution in [1.29, 1.82) is 0 Å². The summed E-state index contributed by atoms with van der Waals surface area (Å²) in [6.45, 7) is 4.43. The lowest BCUT2D eigenvalue weighted by atomic mass is 9.98. The molecule has 26 heavy (non-hydrogen) atoms. The minimum Gasteiger partial charge on any atom is -0.294 e. The minimum atomic E-state index is -0.0511. The van der Waals surface area contributed by atoms with Crippen molar-refractivity contribution in [3.8, 4) is 0 Å². The summed E-state index contributed by atoms with van der Waals surface area (Å²) >= 11 is 0. The van der Waals surface area contributed by atoms with Gasteiger partial charge in [-0.1, -0.05) is 97.9 Å². The van der Waals surface area contributed by atoms with Gasteiger partial charge >= 0.3 is 0 Å². The predicted octanol–water partition coefficient (Wildman–Crippen LogP) is 5.21. The summed E-state index contributed by atoms with van der Waals surface area (Å²) in [6.07, 6.45) is 0. The Morgan fingerprint density at radius 2 is 1.15 bits per heavy atom. The Balaban J connectivity index is 1.73. The van der Waals surface area contributed by atoms with E-state index in [9.17, 15) is 4.79 Å². The summed E-state index contributed by atoms with van der Waals surface area (Å²) in [5.41, 5.74) is 3.32. The summed E-state index contributed by atoms with van der Waals surface area (Å²) in [6, 6.07) is 30.5. The number of carbonyl (C=O) groups is 1. The third-order valence-corrected chi connectivity index (χ3v) is 4.54. The maximum absolute atomic E-state index is 12.8. The van der Waals surface area contributed by atoms with Crippen LogP contribution < -0.4 is 0 Å². The van der Waals surface area contributed by atoms with Crippen LogP contribution in [-0.2, 0) is 13.1 Å². The van der Waals surface area contributed by atoms with Crippen molar-refractivity contribution < 1.29 is 4.79 Å². The maximum atomic E-state index is 12.8. The van der Waals surface area contributed by atoms with Crippen LogP contribution in [0.5, 0.6) is 0 Å². The number of rotatable bonds is 8. The highest BCUT2D eigenvalue weighted by Gasteiger charge is 2.19. The lowest BCUT2D eigenvalue weighted by molar-refractivity contribution is 0.0886. The van der Waals surface area contributed by atoms with E-state index < -0.39 is 0 Å². The molecule has 0 N–H and O–H groups in total. The Morgan fingerprint density at radius 3 is 1.62 bits per heavy atom. The van der Waals surface area contributed by atoms with Crippen molar-refractivity contribution in [3.63, 3.8) is 0 Å². The molecule has 0 aliphatic rings. The molecular formula is C24H25NO. The predicted molar refractivity (Wildman–Crippen MR) is 107 cm³/mol. The van der Waals surface area contributed by atoms with Crippen LogP contribution in [0.15, 0.2) is 91.0 Å². The maximum Gasteiger partial charge on any atom is 0.166 e. The number of nitrogens with zero attached hydrogens (tertiary/aromatic N) is 1. The Hall–Kier alpha value is -2.71. The van der Waals surface area contributed by atoms with Crippen LogP contribution in [0.2, 0.25) is 0 Å². The first-order valence-electron chi connectivity index (χ1n) is 9.12. The number of Topliss-reactive ketones (excluding diaryl/α,β-unsaturated/α-hetero) is 1. The summed E-state index contributed by atoms with van der Waals surface area (Å²) in [7, 11) is 0. The van der Waals surface area contributed by atoms with Gasteiger partial charge in [-0.2, -0.15) is 0 Å². The second-order valence-corrected chi connectivity index (χ2v) is 6.77. The number of benzene rings is 3. The van der Waals surface area contributed by atoms with Gasteiger partial charge in [0.05, 0.1) is 0 Å². The SMILES string of the molecule is CC(CN(Cc1ccccc1)Cc1ccccc1)C(=O)c1ccccc1. The van der Waals surface area contributed by atoms with E-state index in [1.807, 2.05) is 49.4 Å². The number of hydrogen-bond donors (Lipinski definition) is 0. The van der Waals surface area contributed by atoms with Gasteiger partial charge in [-0.05, 0) is 11.1 Å². The van der Waals surface area contributed by atoms with E-state index in [0.717, 1.165) is 25.2 Å². The van der Waals surface area contributed by atoms with Crippen LogP contribution in [0.1, 0.15) is 28.4 Å². The Labute approximate surface area is 156 Å². The smallest absolute Gasteiger partial charge is 0.166 e. The number of ketones is 1. The van der Waals surface area contributed by atoms with Gasteiger partial charge in [0.1, 0.15) is 0 Å². The van der Waals surface area contributed by atoms with Crippen LogP contribution >= 0.6 is 0 Å². The summed E-state index contributed by atoms with van der Waals surface area (Å²) in [5, 5.41) is 0. The fourth-order valence-electron chi connectivity index (χ4n) is 3.23. The van der Waals surface area contributed by atoms with E-state index in [2.05, 4.69) is 53.4 Å². The Kier molecular flexibility index (Phi) is 6.34. The van der Waals surface area contributed by atoms with E-state index in [0.29, 0.717) is 0 Å². The molecule has 0 saturated heterocycles. The van der Waals surface area contributed by atoms with Crippen molar-refractivity contribution >= 4 is 5.78 Å². The molecule has 0 amide bonds. The van der Waals surface area contributed by atoms with Crippen molar-refractivity contribution in [1.82, 2.24) is 4.90 Å². The molecule has 1 atom stereocenters. The molecule has 0 heterocycles. The fraction of sp³-hybridized carbons (Fsp3) is 0.208. The lowest BCUT2D eigenvalue weighted by Crippen LogP contribution is -2.31. The van der Waals surface area contributed by atoms with Gasteiger partial charge in [-0.25, -0.2) is 0 Å². The average molecular weight is 343 g/mol. The monoisotopic (exact) mass is 343 g/mol. The zero-order valence-corrected chi connectivity index (χ0v) is 15.2. The van der Waals surface area contributed by atoms with E-state index in [1.165, 1.54) is 11.1 Å². The molecule has 0 bridgehead atoms. The first-order valence-corrected chi connectivity index (χ1v) is 9.12. The second-order valence-electron chi connectivity index (χ2n) is 6.77. The van der Waals surface area contributed by atoms with Crippen LogP contribution in [0.25, 0.3) is 0 Å². The van der Waals surface area contributed by atoms with Gasteiger partial charge in [0.25, 0.3) is 0 Å². The average Bonchev–Trinajstić information content (AvgIpc) is 2.69. The second kappa shape index (κ2) is 9.12. The van der Waals surface area contributed by atoms with E-state index >= 15 is 0 Å². The van der Waals surface area contributed by atoms with Crippen molar-refractivity contribution in [2.24, 2.45) is 5.92 Å². The van der Waals surface area contributed by atoms with Crippen LogP contribution in [-0.4, -0.2) is 17.2 Å². The molecule has 0 spiro atoms. The first-order chi connectivity index (χ1) is 12.7. The zero-order valence-electron chi connectivity index (χ0n) is 15.2. The quantitative estimate of drug-likeness (QED) is 0.523. The number of hydrogen-bond acceptors (Lipinski definition) is 2. The molecule has 0 fully saturated rings. The van der Waals surface area contributed by atoms with Gasteiger partial charge in [0.2, 0.25) is 0 Å². The summed E-state index contributed by atoms with van der Waals surface area (Å²) in [4.78, 5) is 15.1. The van der Waals surface area contributed by atoms with Crippen molar-refractivity contribution in [2.45, 2.75) is 20.0 Å². The lowest BCUT2D eigenvalue weighted by Gasteiger charge is -2.25. The fourth-order valence-corrected chi connectivity index (χ4v) is 3.23. The van der Waals surface area contributed by atoms with Gasteiger partial charge in [0.15, 0.2) is 5.78 Å². The standard InChI is InChI=1S/C24H25NO/c1-20(24(26)23-15-9-4-10-16-23)17-25(18-21-11-5-2-6-12-21)19-22-13-7-3-8-14-22/h2-16,20H,17-19H2,1H3.